The van der Waals surface area contributed by atoms with Crippen LogP contribution in [-0.2, 0) is 9.47 Å². The predicted octanol–water partition coefficient (Wildman–Crippen LogP) is 0.392. The third-order valence-corrected chi connectivity index (χ3v) is 3.20. The average Bonchev–Trinajstić information content (AvgIpc) is 2.85. The highest BCUT2D eigenvalue weighted by molar-refractivity contribution is 5.29. The van der Waals surface area contributed by atoms with E-state index in [1.807, 2.05) is 4.68 Å². The van der Waals surface area contributed by atoms with Crippen LogP contribution in [0.4, 0.5) is 0 Å². The zero-order valence-electron chi connectivity index (χ0n) is 11.6. The number of hydrogen-bond acceptors (Lipinski definition) is 6. The van der Waals surface area contributed by atoms with E-state index in [0.29, 0.717) is 25.6 Å². The molecule has 0 saturated carbocycles. The van der Waals surface area contributed by atoms with Gasteiger partial charge in [-0.2, -0.15) is 5.10 Å². The lowest BCUT2D eigenvalue weighted by Gasteiger charge is -2.31. The summed E-state index contributed by atoms with van der Waals surface area (Å²) >= 11 is 0. The van der Waals surface area contributed by atoms with Gasteiger partial charge in [0.2, 0.25) is 0 Å². The second-order valence-electron chi connectivity index (χ2n) is 4.76. The lowest BCUT2D eigenvalue weighted by atomic mass is 10.1. The van der Waals surface area contributed by atoms with Crippen molar-refractivity contribution in [3.05, 3.63) is 11.9 Å². The fraction of sp³-hybridized carbons (Fsp3) is 0.750. The van der Waals surface area contributed by atoms with Crippen LogP contribution in [0.3, 0.4) is 0 Å². The lowest BCUT2D eigenvalue weighted by Crippen LogP contribution is -2.44. The SMILES string of the molecule is COc1cnn(C(C)C)c1C(NN)C1COCCO1. The van der Waals surface area contributed by atoms with Crippen LogP contribution >= 0.6 is 0 Å². The van der Waals surface area contributed by atoms with Crippen molar-refractivity contribution < 1.29 is 14.2 Å². The Kier molecular flexibility index (Phi) is 4.76. The van der Waals surface area contributed by atoms with Crippen LogP contribution < -0.4 is 16.0 Å². The Hall–Kier alpha value is -1.15. The van der Waals surface area contributed by atoms with Crippen LogP contribution in [0.5, 0.6) is 5.75 Å². The Balaban J connectivity index is 2.32. The van der Waals surface area contributed by atoms with Gasteiger partial charge < -0.3 is 14.2 Å². The summed E-state index contributed by atoms with van der Waals surface area (Å²) in [6, 6.07) is -0.0144. The molecule has 1 aliphatic heterocycles. The number of rotatable bonds is 5. The predicted molar refractivity (Wildman–Crippen MR) is 69.8 cm³/mol. The summed E-state index contributed by atoms with van der Waals surface area (Å²) in [5.41, 5.74) is 3.68. The zero-order valence-corrected chi connectivity index (χ0v) is 11.6. The minimum absolute atomic E-state index is 0.151. The van der Waals surface area contributed by atoms with Gasteiger partial charge in [0.1, 0.15) is 11.8 Å². The molecule has 0 aliphatic carbocycles. The largest absolute Gasteiger partial charge is 0.493 e. The fourth-order valence-corrected chi connectivity index (χ4v) is 2.28. The van der Waals surface area contributed by atoms with E-state index in [2.05, 4.69) is 24.4 Å². The Bertz CT molecular complexity index is 402. The van der Waals surface area contributed by atoms with Gasteiger partial charge in [-0.1, -0.05) is 0 Å². The molecule has 3 N–H and O–H groups in total. The monoisotopic (exact) mass is 270 g/mol. The summed E-state index contributed by atoms with van der Waals surface area (Å²) in [4.78, 5) is 0. The molecule has 7 heteroatoms. The maximum Gasteiger partial charge on any atom is 0.161 e. The van der Waals surface area contributed by atoms with Gasteiger partial charge in [0.25, 0.3) is 0 Å². The molecule has 1 aromatic heterocycles. The standard InChI is InChI=1S/C12H22N4O3/c1-8(2)16-12(9(17-3)6-14-16)11(15-13)10-7-18-4-5-19-10/h6,8,10-11,15H,4-5,7,13H2,1-3H3. The molecule has 0 bridgehead atoms. The molecular formula is C12H22N4O3. The van der Waals surface area contributed by atoms with Crippen LogP contribution in [0.15, 0.2) is 6.20 Å². The molecule has 0 amide bonds. The number of nitrogens with one attached hydrogen (secondary N) is 1. The molecule has 2 unspecified atom stereocenters. The normalized spacial score (nSPS) is 21.6. The second-order valence-corrected chi connectivity index (χ2v) is 4.76. The molecule has 2 atom stereocenters. The number of nitrogens with zero attached hydrogens (tertiary/aromatic N) is 2. The van der Waals surface area contributed by atoms with Gasteiger partial charge in [-0.15, -0.1) is 0 Å². The first kappa shape index (κ1) is 14.3. The summed E-state index contributed by atoms with van der Waals surface area (Å²) < 4.78 is 18.4. The topological polar surface area (TPSA) is 83.6 Å². The number of nitrogens with two attached hydrogens (primary N) is 1. The van der Waals surface area contributed by atoms with Crippen LogP contribution in [-0.4, -0.2) is 42.8 Å². The maximum atomic E-state index is 5.72. The first-order valence-corrected chi connectivity index (χ1v) is 6.46. The highest BCUT2D eigenvalue weighted by atomic mass is 16.6. The summed E-state index contributed by atoms with van der Waals surface area (Å²) in [5.74, 6) is 6.41. The molecule has 0 spiro atoms. The van der Waals surface area contributed by atoms with Crippen LogP contribution in [0.25, 0.3) is 0 Å². The number of hydrazine groups is 1. The van der Waals surface area contributed by atoms with Crippen molar-refractivity contribution in [3.8, 4) is 5.75 Å². The van der Waals surface area contributed by atoms with Crippen molar-refractivity contribution in [2.24, 2.45) is 5.84 Å². The molecular weight excluding hydrogens is 248 g/mol. The molecule has 2 rings (SSSR count). The van der Waals surface area contributed by atoms with Crippen molar-refractivity contribution in [1.82, 2.24) is 15.2 Å². The van der Waals surface area contributed by atoms with Crippen molar-refractivity contribution in [3.63, 3.8) is 0 Å². The smallest absolute Gasteiger partial charge is 0.161 e. The Morgan fingerprint density at radius 2 is 2.32 bits per heavy atom. The Morgan fingerprint density at radius 1 is 1.53 bits per heavy atom. The van der Waals surface area contributed by atoms with Gasteiger partial charge in [-0.05, 0) is 13.8 Å². The van der Waals surface area contributed by atoms with E-state index in [1.165, 1.54) is 0 Å². The Morgan fingerprint density at radius 3 is 2.84 bits per heavy atom. The fourth-order valence-electron chi connectivity index (χ4n) is 2.28. The van der Waals surface area contributed by atoms with Crippen molar-refractivity contribution in [2.45, 2.75) is 32.0 Å². The summed E-state index contributed by atoms with van der Waals surface area (Å²) in [6.45, 7) is 5.81. The van der Waals surface area contributed by atoms with Gasteiger partial charge in [-0.3, -0.25) is 10.5 Å². The van der Waals surface area contributed by atoms with E-state index in [-0.39, 0.29) is 18.2 Å². The minimum Gasteiger partial charge on any atom is -0.493 e. The molecule has 7 nitrogen and oxygen atoms in total. The van der Waals surface area contributed by atoms with Gasteiger partial charge in [0, 0.05) is 6.04 Å². The summed E-state index contributed by atoms with van der Waals surface area (Å²) in [5, 5.41) is 4.35. The lowest BCUT2D eigenvalue weighted by molar-refractivity contribution is -0.103. The maximum absolute atomic E-state index is 5.72. The quantitative estimate of drug-likeness (QED) is 0.595. The van der Waals surface area contributed by atoms with E-state index in [0.717, 1.165) is 5.69 Å². The van der Waals surface area contributed by atoms with E-state index >= 15 is 0 Å². The average molecular weight is 270 g/mol. The molecule has 0 aromatic carbocycles. The molecule has 1 fully saturated rings. The third kappa shape index (κ3) is 2.89. The summed E-state index contributed by atoms with van der Waals surface area (Å²) in [7, 11) is 1.62. The second kappa shape index (κ2) is 6.33. The van der Waals surface area contributed by atoms with Crippen molar-refractivity contribution in [2.75, 3.05) is 26.9 Å². The molecule has 0 radical (unpaired) electrons. The van der Waals surface area contributed by atoms with Crippen molar-refractivity contribution >= 4 is 0 Å². The molecule has 1 aliphatic rings. The first-order valence-electron chi connectivity index (χ1n) is 6.46. The van der Waals surface area contributed by atoms with Crippen LogP contribution in [0.1, 0.15) is 31.6 Å². The summed E-state index contributed by atoms with van der Waals surface area (Å²) in [6.07, 6.45) is 1.55. The van der Waals surface area contributed by atoms with Crippen LogP contribution in [0, 0.1) is 0 Å². The molecule has 108 valence electrons. The zero-order chi connectivity index (χ0) is 13.8. The highest BCUT2D eigenvalue weighted by Crippen LogP contribution is 2.30. The van der Waals surface area contributed by atoms with E-state index in [4.69, 9.17) is 20.1 Å². The molecule has 1 aromatic rings. The molecule has 1 saturated heterocycles. The minimum atomic E-state index is -0.222. The number of hydrogen-bond donors (Lipinski definition) is 2. The third-order valence-electron chi connectivity index (χ3n) is 3.20. The molecule has 2 heterocycles. The van der Waals surface area contributed by atoms with Gasteiger partial charge in [0.15, 0.2) is 5.75 Å². The van der Waals surface area contributed by atoms with Gasteiger partial charge in [-0.25, -0.2) is 5.43 Å². The Labute approximate surface area is 113 Å². The number of methoxy groups -OCH3 is 1. The van der Waals surface area contributed by atoms with E-state index < -0.39 is 0 Å². The molecule has 19 heavy (non-hydrogen) atoms. The highest BCUT2D eigenvalue weighted by Gasteiger charge is 2.32. The van der Waals surface area contributed by atoms with E-state index in [1.54, 1.807) is 13.3 Å². The van der Waals surface area contributed by atoms with Gasteiger partial charge in [0.05, 0.1) is 39.2 Å². The first-order chi connectivity index (χ1) is 9.19. The van der Waals surface area contributed by atoms with E-state index in [9.17, 15) is 0 Å². The number of aromatic nitrogens is 2. The van der Waals surface area contributed by atoms with Gasteiger partial charge >= 0.3 is 0 Å². The van der Waals surface area contributed by atoms with Crippen molar-refractivity contribution in [1.29, 1.82) is 0 Å². The number of ether oxygens (including phenoxy) is 3. The van der Waals surface area contributed by atoms with Crippen LogP contribution in [0.2, 0.25) is 0 Å².